The Morgan fingerprint density at radius 1 is 0.571 bits per heavy atom. The highest BCUT2D eigenvalue weighted by molar-refractivity contribution is 5.29. The van der Waals surface area contributed by atoms with E-state index in [-0.39, 0.29) is 0 Å². The fourth-order valence-corrected chi connectivity index (χ4v) is 2.81. The summed E-state index contributed by atoms with van der Waals surface area (Å²) < 4.78 is 10.5. The van der Waals surface area contributed by atoms with E-state index < -0.39 is 0 Å². The molecule has 4 N–H and O–H groups in total. The van der Waals surface area contributed by atoms with Crippen molar-refractivity contribution in [2.24, 2.45) is 0 Å². The topological polar surface area (TPSA) is 66.6 Å². The fourth-order valence-electron chi connectivity index (χ4n) is 2.81. The highest BCUT2D eigenvalue weighted by Gasteiger charge is 1.97. The summed E-state index contributed by atoms with van der Waals surface area (Å²) in [5.41, 5.74) is 2.48. The lowest BCUT2D eigenvalue weighted by Crippen LogP contribution is -2.35. The Bertz CT molecular complexity index is 609. The number of benzene rings is 2. The van der Waals surface area contributed by atoms with E-state index in [1.165, 1.54) is 11.1 Å². The number of hydrogen-bond donors (Lipinski definition) is 4. The first kappa shape index (κ1) is 22.2. The first-order chi connectivity index (χ1) is 13.8. The second kappa shape index (κ2) is 14.0. The number of rotatable bonds is 15. The SMILES string of the molecule is COc1cccc(CNCCNCCNCCNCc2cccc(OC)c2)c1. The fraction of sp³-hybridized carbons (Fsp3) is 0.455. The van der Waals surface area contributed by atoms with Crippen molar-refractivity contribution in [3.05, 3.63) is 59.7 Å². The maximum absolute atomic E-state index is 5.24. The number of nitrogens with one attached hydrogen (secondary N) is 4. The van der Waals surface area contributed by atoms with Gasteiger partial charge in [0.1, 0.15) is 11.5 Å². The Balaban J connectivity index is 1.38. The molecule has 0 saturated carbocycles. The van der Waals surface area contributed by atoms with Crippen LogP contribution in [0.5, 0.6) is 11.5 Å². The zero-order valence-corrected chi connectivity index (χ0v) is 17.1. The smallest absolute Gasteiger partial charge is 0.119 e. The first-order valence-corrected chi connectivity index (χ1v) is 9.90. The lowest BCUT2D eigenvalue weighted by atomic mass is 10.2. The van der Waals surface area contributed by atoms with E-state index in [1.807, 2.05) is 24.3 Å². The molecule has 0 unspecified atom stereocenters. The molecule has 0 aliphatic rings. The minimum absolute atomic E-state index is 0.857. The van der Waals surface area contributed by atoms with Crippen LogP contribution in [0.3, 0.4) is 0 Å². The third kappa shape index (κ3) is 9.19. The zero-order chi connectivity index (χ0) is 19.9. The Morgan fingerprint density at radius 2 is 0.964 bits per heavy atom. The molecule has 0 spiro atoms. The molecular formula is C22H34N4O2. The zero-order valence-electron chi connectivity index (χ0n) is 17.1. The van der Waals surface area contributed by atoms with E-state index in [2.05, 4.69) is 45.5 Å². The van der Waals surface area contributed by atoms with E-state index >= 15 is 0 Å². The van der Waals surface area contributed by atoms with Crippen molar-refractivity contribution >= 4 is 0 Å². The van der Waals surface area contributed by atoms with Gasteiger partial charge in [-0.1, -0.05) is 24.3 Å². The van der Waals surface area contributed by atoms with Gasteiger partial charge < -0.3 is 30.7 Å². The van der Waals surface area contributed by atoms with Gasteiger partial charge in [0.05, 0.1) is 14.2 Å². The molecule has 0 saturated heterocycles. The Morgan fingerprint density at radius 3 is 1.36 bits per heavy atom. The molecule has 6 nitrogen and oxygen atoms in total. The van der Waals surface area contributed by atoms with Gasteiger partial charge in [-0.05, 0) is 35.4 Å². The molecule has 0 bridgehead atoms. The normalized spacial score (nSPS) is 10.8. The quantitative estimate of drug-likeness (QED) is 0.350. The summed E-state index contributed by atoms with van der Waals surface area (Å²) in [5, 5.41) is 13.8. The number of ether oxygens (including phenoxy) is 2. The average Bonchev–Trinajstić information content (AvgIpc) is 2.74. The van der Waals surface area contributed by atoms with Crippen LogP contribution in [0.1, 0.15) is 11.1 Å². The Hall–Kier alpha value is -2.12. The molecule has 2 aromatic rings. The van der Waals surface area contributed by atoms with Crippen molar-refractivity contribution in [1.29, 1.82) is 0 Å². The van der Waals surface area contributed by atoms with E-state index in [4.69, 9.17) is 9.47 Å². The number of methoxy groups -OCH3 is 2. The molecule has 0 radical (unpaired) electrons. The van der Waals surface area contributed by atoms with Gasteiger partial charge in [0, 0.05) is 52.4 Å². The molecule has 0 aromatic heterocycles. The Labute approximate surface area is 169 Å². The maximum Gasteiger partial charge on any atom is 0.119 e. The van der Waals surface area contributed by atoms with Gasteiger partial charge in [0.15, 0.2) is 0 Å². The third-order valence-corrected chi connectivity index (χ3v) is 4.36. The van der Waals surface area contributed by atoms with Gasteiger partial charge in [0.25, 0.3) is 0 Å². The molecule has 6 heteroatoms. The van der Waals surface area contributed by atoms with Gasteiger partial charge in [-0.15, -0.1) is 0 Å². The second-order valence-corrected chi connectivity index (χ2v) is 6.56. The van der Waals surface area contributed by atoms with E-state index in [0.29, 0.717) is 0 Å². The number of hydrogen-bond acceptors (Lipinski definition) is 6. The predicted molar refractivity (Wildman–Crippen MR) is 115 cm³/mol. The van der Waals surface area contributed by atoms with Crippen molar-refractivity contribution in [3.8, 4) is 11.5 Å². The van der Waals surface area contributed by atoms with E-state index in [9.17, 15) is 0 Å². The standard InChI is InChI=1S/C22H34N4O2/c1-27-21-7-3-5-19(15-21)17-25-13-11-23-9-10-24-12-14-26-18-20-6-4-8-22(16-20)28-2/h3-8,15-16,23-26H,9-14,17-18H2,1-2H3. The summed E-state index contributed by atoms with van der Waals surface area (Å²) in [7, 11) is 3.39. The lowest BCUT2D eigenvalue weighted by Gasteiger charge is -2.09. The monoisotopic (exact) mass is 386 g/mol. The van der Waals surface area contributed by atoms with Crippen LogP contribution in [0.4, 0.5) is 0 Å². The predicted octanol–water partition coefficient (Wildman–Crippen LogP) is 1.76. The molecule has 28 heavy (non-hydrogen) atoms. The van der Waals surface area contributed by atoms with Crippen molar-refractivity contribution in [2.45, 2.75) is 13.1 Å². The van der Waals surface area contributed by atoms with E-state index in [1.54, 1.807) is 14.2 Å². The summed E-state index contributed by atoms with van der Waals surface area (Å²) in [6.45, 7) is 7.46. The van der Waals surface area contributed by atoms with Gasteiger partial charge in [-0.3, -0.25) is 0 Å². The van der Waals surface area contributed by atoms with Gasteiger partial charge >= 0.3 is 0 Å². The molecule has 2 rings (SSSR count). The molecule has 0 fully saturated rings. The van der Waals surface area contributed by atoms with Crippen LogP contribution in [0.2, 0.25) is 0 Å². The largest absolute Gasteiger partial charge is 0.497 e. The Kier molecular flexibility index (Phi) is 11.1. The van der Waals surface area contributed by atoms with Gasteiger partial charge in [0.2, 0.25) is 0 Å². The molecule has 154 valence electrons. The van der Waals surface area contributed by atoms with Crippen LogP contribution < -0.4 is 30.7 Å². The van der Waals surface area contributed by atoms with Crippen LogP contribution in [0, 0.1) is 0 Å². The molecule has 0 amide bonds. The summed E-state index contributed by atoms with van der Waals surface area (Å²) >= 11 is 0. The lowest BCUT2D eigenvalue weighted by molar-refractivity contribution is 0.414. The van der Waals surface area contributed by atoms with Crippen LogP contribution in [-0.4, -0.2) is 53.5 Å². The molecule has 0 atom stereocenters. The van der Waals surface area contributed by atoms with Crippen molar-refractivity contribution in [3.63, 3.8) is 0 Å². The first-order valence-electron chi connectivity index (χ1n) is 9.90. The highest BCUT2D eigenvalue weighted by atomic mass is 16.5. The maximum atomic E-state index is 5.24. The summed E-state index contributed by atoms with van der Waals surface area (Å²) in [5.74, 6) is 1.81. The summed E-state index contributed by atoms with van der Waals surface area (Å²) in [4.78, 5) is 0. The van der Waals surface area contributed by atoms with Crippen molar-refractivity contribution in [1.82, 2.24) is 21.3 Å². The minimum atomic E-state index is 0.857. The van der Waals surface area contributed by atoms with Crippen molar-refractivity contribution in [2.75, 3.05) is 53.5 Å². The van der Waals surface area contributed by atoms with Crippen LogP contribution in [-0.2, 0) is 13.1 Å². The van der Waals surface area contributed by atoms with Crippen molar-refractivity contribution < 1.29 is 9.47 Å². The van der Waals surface area contributed by atoms with Gasteiger partial charge in [-0.25, -0.2) is 0 Å². The highest BCUT2D eigenvalue weighted by Crippen LogP contribution is 2.12. The van der Waals surface area contributed by atoms with Crippen LogP contribution in [0.15, 0.2) is 48.5 Å². The van der Waals surface area contributed by atoms with Crippen LogP contribution in [0.25, 0.3) is 0 Å². The molecule has 2 aromatic carbocycles. The van der Waals surface area contributed by atoms with Crippen LogP contribution >= 0.6 is 0 Å². The van der Waals surface area contributed by atoms with E-state index in [0.717, 1.165) is 63.9 Å². The third-order valence-electron chi connectivity index (χ3n) is 4.36. The summed E-state index contributed by atoms with van der Waals surface area (Å²) in [6, 6.07) is 16.3. The average molecular weight is 387 g/mol. The molecule has 0 aliphatic heterocycles. The molecule has 0 heterocycles. The molecular weight excluding hydrogens is 352 g/mol. The molecule has 0 aliphatic carbocycles. The summed E-state index contributed by atoms with van der Waals surface area (Å²) in [6.07, 6.45) is 0. The van der Waals surface area contributed by atoms with Gasteiger partial charge in [-0.2, -0.15) is 0 Å². The minimum Gasteiger partial charge on any atom is -0.497 e. The second-order valence-electron chi connectivity index (χ2n) is 6.56.